The molecule has 0 spiro atoms. The molecule has 10 rings (SSSR count). The molecule has 11 heteroatoms. The molecule has 4 heterocycles. The summed E-state index contributed by atoms with van der Waals surface area (Å²) in [6.45, 7) is 23.7. The van der Waals surface area contributed by atoms with Crippen molar-refractivity contribution in [1.29, 1.82) is 0 Å². The number of aryl methyl sites for hydroxylation is 4. The molecule has 6 aromatic rings. The van der Waals surface area contributed by atoms with E-state index in [1.807, 2.05) is 68.4 Å². The summed E-state index contributed by atoms with van der Waals surface area (Å²) in [5.41, 5.74) is 14.2. The van der Waals surface area contributed by atoms with Crippen LogP contribution in [0.25, 0.3) is 0 Å². The van der Waals surface area contributed by atoms with Crippen LogP contribution in [0.4, 0.5) is 0 Å². The number of carbonyl (C=O) groups excluding carboxylic acids is 2. The second kappa shape index (κ2) is 26.5. The zero-order valence-corrected chi connectivity index (χ0v) is 49.0. The molecule has 10 atom stereocenters. The third kappa shape index (κ3) is 14.1. The number of methoxy groups -OCH3 is 2. The summed E-state index contributed by atoms with van der Waals surface area (Å²) >= 11 is 5.45. The molecule has 10 nitrogen and oxygen atoms in total. The minimum absolute atomic E-state index is 0.0176. The van der Waals surface area contributed by atoms with Gasteiger partial charge in [-0.05, 0) is 162 Å². The van der Waals surface area contributed by atoms with Gasteiger partial charge in [0, 0.05) is 23.7 Å². The van der Waals surface area contributed by atoms with E-state index in [2.05, 4.69) is 116 Å². The molecule has 0 radical (unpaired) electrons. The molecule has 6 aromatic carbocycles. The minimum Gasteiger partial charge on any atom is -0.504 e. The van der Waals surface area contributed by atoms with Crippen LogP contribution in [0.5, 0.6) is 23.0 Å². The van der Waals surface area contributed by atoms with E-state index in [1.165, 1.54) is 44.5 Å². The van der Waals surface area contributed by atoms with Crippen molar-refractivity contribution in [2.45, 2.75) is 118 Å². The van der Waals surface area contributed by atoms with Gasteiger partial charge in [0.05, 0.1) is 76.9 Å². The summed E-state index contributed by atoms with van der Waals surface area (Å²) in [5, 5.41) is 9.51. The zero-order chi connectivity index (χ0) is 56.7. The normalized spacial score (nSPS) is 22.7. The van der Waals surface area contributed by atoms with E-state index >= 15 is 0 Å². The fraction of sp³-hybridized carbons (Fsp3) is 0.441. The number of carbonyl (C=O) groups is 2. The quantitative estimate of drug-likeness (QED) is 0.0605. The van der Waals surface area contributed by atoms with Gasteiger partial charge in [-0.15, -0.1) is 0 Å². The van der Waals surface area contributed by atoms with Gasteiger partial charge in [0.1, 0.15) is 0 Å². The number of phenols is 1. The van der Waals surface area contributed by atoms with Gasteiger partial charge in [-0.2, -0.15) is 0 Å². The van der Waals surface area contributed by atoms with Gasteiger partial charge in [-0.25, -0.2) is 0 Å². The van der Waals surface area contributed by atoms with Crippen LogP contribution < -0.4 is 14.2 Å². The molecule has 4 aliphatic rings. The van der Waals surface area contributed by atoms with Crippen molar-refractivity contribution in [3.05, 3.63) is 188 Å². The fourth-order valence-electron chi connectivity index (χ4n) is 11.5. The molecule has 0 amide bonds. The van der Waals surface area contributed by atoms with Crippen molar-refractivity contribution in [1.82, 2.24) is 0 Å². The van der Waals surface area contributed by atoms with Gasteiger partial charge in [0.2, 0.25) is 5.24 Å². The van der Waals surface area contributed by atoms with Gasteiger partial charge in [0.25, 0.3) is 0 Å². The summed E-state index contributed by atoms with van der Waals surface area (Å²) in [7, 11) is 3.16. The first-order chi connectivity index (χ1) is 37.8. The molecule has 4 fully saturated rings. The van der Waals surface area contributed by atoms with Crippen molar-refractivity contribution in [2.24, 2.45) is 35.5 Å². The summed E-state index contributed by atoms with van der Waals surface area (Å²) in [6.07, 6.45) is 2.12. The van der Waals surface area contributed by atoms with Crippen LogP contribution in [0.3, 0.4) is 0 Å². The van der Waals surface area contributed by atoms with Gasteiger partial charge >= 0.3 is 5.97 Å². The Morgan fingerprint density at radius 3 is 1.23 bits per heavy atom. The number of rotatable bonds is 15. The van der Waals surface area contributed by atoms with Gasteiger partial charge < -0.3 is 38.3 Å². The Kier molecular flexibility index (Phi) is 19.8. The number of fused-ring (bicyclic) bond motifs is 2. The second-order valence-corrected chi connectivity index (χ2v) is 23.4. The van der Waals surface area contributed by atoms with Crippen molar-refractivity contribution < 1.29 is 47.9 Å². The van der Waals surface area contributed by atoms with E-state index in [-0.39, 0.29) is 59.1 Å². The molecule has 4 saturated heterocycles. The molecule has 0 aliphatic carbocycles. The zero-order valence-electron chi connectivity index (χ0n) is 48.2. The maximum atomic E-state index is 13.0. The number of esters is 1. The van der Waals surface area contributed by atoms with Crippen molar-refractivity contribution in [3.63, 3.8) is 0 Å². The summed E-state index contributed by atoms with van der Waals surface area (Å²) < 4.78 is 41.6. The van der Waals surface area contributed by atoms with Crippen molar-refractivity contribution in [3.8, 4) is 23.0 Å². The van der Waals surface area contributed by atoms with E-state index < -0.39 is 0 Å². The lowest BCUT2D eigenvalue weighted by molar-refractivity contribution is -0.135. The molecule has 420 valence electrons. The Morgan fingerprint density at radius 1 is 0.481 bits per heavy atom. The van der Waals surface area contributed by atoms with E-state index in [4.69, 9.17) is 44.8 Å². The van der Waals surface area contributed by atoms with E-state index in [0.29, 0.717) is 73.3 Å². The molecule has 4 aliphatic heterocycles. The number of hydrogen-bond donors (Lipinski definition) is 1. The first kappa shape index (κ1) is 59.1. The maximum Gasteiger partial charge on any atom is 0.318 e. The SMILES string of the molecule is CC(C)Cc1ccc(C(C)C(=O)Cl)cc1.COc1cc([C@@H]2OCC3C2CO[C@@H]3c2ccc(C)c(C)c2)ccc1O.COc1cc([C@@H]2OCC3C2CO[C@@H]3c2ccc(C)c(C)c2)ccc1OC(=O)C(C)c1ccc(CC(C)C)cc1. The smallest absolute Gasteiger partial charge is 0.318 e. The molecule has 0 saturated carbocycles. The lowest BCUT2D eigenvalue weighted by Crippen LogP contribution is -2.17. The van der Waals surface area contributed by atoms with Gasteiger partial charge in [-0.3, -0.25) is 9.59 Å². The van der Waals surface area contributed by atoms with E-state index in [1.54, 1.807) is 20.3 Å². The highest BCUT2D eigenvalue weighted by Gasteiger charge is 2.49. The number of phenolic OH excluding ortho intramolecular Hbond substituents is 1. The molecule has 0 aromatic heterocycles. The van der Waals surface area contributed by atoms with Crippen LogP contribution in [0.2, 0.25) is 0 Å². The highest BCUT2D eigenvalue weighted by Crippen LogP contribution is 2.52. The summed E-state index contributed by atoms with van der Waals surface area (Å²) in [4.78, 5) is 24.0. The Morgan fingerprint density at radius 2 is 0.848 bits per heavy atom. The number of halogens is 1. The van der Waals surface area contributed by atoms with E-state index in [0.717, 1.165) is 35.1 Å². The van der Waals surface area contributed by atoms with E-state index in [9.17, 15) is 14.7 Å². The van der Waals surface area contributed by atoms with Crippen LogP contribution in [-0.2, 0) is 41.4 Å². The predicted molar refractivity (Wildman–Crippen MR) is 312 cm³/mol. The molecule has 0 bridgehead atoms. The van der Waals surface area contributed by atoms with Crippen LogP contribution in [0, 0.1) is 63.2 Å². The monoisotopic (exact) mass is 1090 g/mol. The topological polar surface area (TPSA) is 119 Å². The Balaban J connectivity index is 0.000000175. The average Bonchev–Trinajstić information content (AvgIpc) is 4.32. The number of hydrogen-bond acceptors (Lipinski definition) is 10. The van der Waals surface area contributed by atoms with Crippen LogP contribution >= 0.6 is 11.6 Å². The summed E-state index contributed by atoms with van der Waals surface area (Å²) in [5.74, 6) is 3.14. The number of ether oxygens (including phenoxy) is 7. The van der Waals surface area contributed by atoms with Gasteiger partial charge in [-0.1, -0.05) is 132 Å². The third-order valence-corrected chi connectivity index (χ3v) is 16.8. The fourth-order valence-corrected chi connectivity index (χ4v) is 11.6. The molecule has 1 N–H and O–H groups in total. The lowest BCUT2D eigenvalue weighted by Gasteiger charge is -2.19. The maximum absolute atomic E-state index is 13.0. The standard InChI is InChI=1S/C34H40O5.C21H24O4.C13H17ClO/c1-20(2)15-24-8-11-25(12-9-24)23(5)34(35)39-30-14-13-27(17-31(30)36-6)33-29-19-37-32(28(29)18-38-33)26-10-7-21(3)22(4)16-26;1-12-4-5-14(8-13(12)2)20-16-10-25-21(17(16)11-24-20)15-6-7-18(22)19(9-15)23-3;1-9(2)8-11-4-6-12(7-5-11)10(3)13(14)15/h7-14,16-17,20,23,28-29,32-33H,15,18-19H2,1-6H3;4-9,16-17,20-22H,10-11H2,1-3H3;4-7,9-10H,8H2,1-3H3/t23?,28?,29?,32-,33+;16?,17?,20-,21+;/m11./s1. The highest BCUT2D eigenvalue weighted by molar-refractivity contribution is 6.64. The molecule has 79 heavy (non-hydrogen) atoms. The highest BCUT2D eigenvalue weighted by atomic mass is 35.5. The lowest BCUT2D eigenvalue weighted by atomic mass is 9.84. The average molecular weight is 1090 g/mol. The molecular weight excluding hydrogens is 1010 g/mol. The molecule has 6 unspecified atom stereocenters. The van der Waals surface area contributed by atoms with Crippen LogP contribution in [-0.4, -0.2) is 57.0 Å². The third-order valence-electron chi connectivity index (χ3n) is 16.4. The van der Waals surface area contributed by atoms with Gasteiger partial charge in [0.15, 0.2) is 23.0 Å². The minimum atomic E-state index is -0.389. The first-order valence-corrected chi connectivity index (χ1v) is 28.5. The second-order valence-electron chi connectivity index (χ2n) is 23.0. The number of aromatic hydroxyl groups is 1. The van der Waals surface area contributed by atoms with Crippen LogP contribution in [0.15, 0.2) is 121 Å². The number of benzene rings is 6. The van der Waals surface area contributed by atoms with Crippen LogP contribution in [0.1, 0.15) is 145 Å². The van der Waals surface area contributed by atoms with Crippen molar-refractivity contribution in [2.75, 3.05) is 40.6 Å². The Bertz CT molecular complexity index is 3020. The largest absolute Gasteiger partial charge is 0.504 e. The molecular formula is C68H81ClO10. The predicted octanol–water partition coefficient (Wildman–Crippen LogP) is 15.1. The Hall–Kier alpha value is -6.01. The first-order valence-electron chi connectivity index (χ1n) is 28.1. The van der Waals surface area contributed by atoms with Crippen molar-refractivity contribution >= 4 is 22.8 Å². The summed E-state index contributed by atoms with van der Waals surface area (Å²) in [6, 6.07) is 40.7. The Labute approximate surface area is 474 Å².